The molecular formula is C17H14Cl2N2O5. The summed E-state index contributed by atoms with van der Waals surface area (Å²) in [5.41, 5.74) is 0.570. The van der Waals surface area contributed by atoms with Gasteiger partial charge in [0.2, 0.25) is 6.29 Å². The van der Waals surface area contributed by atoms with E-state index in [1.807, 2.05) is 6.92 Å². The van der Waals surface area contributed by atoms with Gasteiger partial charge in [-0.05, 0) is 25.1 Å². The number of ether oxygens (including phenoxy) is 2. The average molecular weight is 397 g/mol. The number of rotatable bonds is 4. The van der Waals surface area contributed by atoms with E-state index in [9.17, 15) is 14.9 Å². The van der Waals surface area contributed by atoms with Crippen LogP contribution in [0.3, 0.4) is 0 Å². The van der Waals surface area contributed by atoms with Crippen molar-refractivity contribution in [2.45, 2.75) is 13.2 Å². The van der Waals surface area contributed by atoms with E-state index in [1.165, 1.54) is 35.2 Å². The highest BCUT2D eigenvalue weighted by molar-refractivity contribution is 6.37. The molecule has 0 aromatic heterocycles. The second-order valence-corrected chi connectivity index (χ2v) is 6.30. The molecule has 2 aromatic carbocycles. The molecule has 0 saturated carbocycles. The first-order valence-corrected chi connectivity index (χ1v) is 8.50. The van der Waals surface area contributed by atoms with Crippen molar-refractivity contribution in [2.24, 2.45) is 0 Å². The largest absolute Gasteiger partial charge is 0.461 e. The molecule has 136 valence electrons. The summed E-state index contributed by atoms with van der Waals surface area (Å²) in [6.45, 7) is 2.33. The summed E-state index contributed by atoms with van der Waals surface area (Å²) in [5, 5.41) is 11.4. The molecule has 9 heteroatoms. The molecule has 0 N–H and O–H groups in total. The van der Waals surface area contributed by atoms with Crippen LogP contribution in [0.15, 0.2) is 36.4 Å². The van der Waals surface area contributed by atoms with Gasteiger partial charge in [-0.25, -0.2) is 0 Å². The lowest BCUT2D eigenvalue weighted by atomic mass is 10.1. The fourth-order valence-corrected chi connectivity index (χ4v) is 3.23. The summed E-state index contributed by atoms with van der Waals surface area (Å²) in [7, 11) is 0. The maximum absolute atomic E-state index is 13.0. The molecule has 0 radical (unpaired) electrons. The maximum atomic E-state index is 13.0. The van der Waals surface area contributed by atoms with Gasteiger partial charge in [0.25, 0.3) is 11.6 Å². The Morgan fingerprint density at radius 2 is 2.04 bits per heavy atom. The van der Waals surface area contributed by atoms with E-state index < -0.39 is 11.2 Å². The molecular weight excluding hydrogens is 383 g/mol. The van der Waals surface area contributed by atoms with E-state index >= 15 is 0 Å². The SMILES string of the molecule is CCOC1CN(C(=O)c2ccc([N+](=O)[O-])cc2)c2c(Cl)cc(Cl)cc2O1. The van der Waals surface area contributed by atoms with Crippen molar-refractivity contribution in [3.63, 3.8) is 0 Å². The second-order valence-electron chi connectivity index (χ2n) is 5.46. The zero-order chi connectivity index (χ0) is 18.8. The number of nitro benzene ring substituents is 1. The van der Waals surface area contributed by atoms with E-state index in [4.69, 9.17) is 32.7 Å². The van der Waals surface area contributed by atoms with E-state index in [0.29, 0.717) is 23.1 Å². The standard InChI is InChI=1S/C17H14Cl2N2O5/c1-2-25-15-9-20(16-13(19)7-11(18)8-14(16)26-15)17(22)10-3-5-12(6-4-10)21(23)24/h3-8,15H,2,9H2,1H3. The molecule has 0 bridgehead atoms. The summed E-state index contributed by atoms with van der Waals surface area (Å²) in [4.78, 5) is 24.7. The Morgan fingerprint density at radius 3 is 2.65 bits per heavy atom. The van der Waals surface area contributed by atoms with Gasteiger partial charge in [0, 0.05) is 35.4 Å². The zero-order valence-electron chi connectivity index (χ0n) is 13.6. The van der Waals surface area contributed by atoms with Crippen molar-refractivity contribution in [3.8, 4) is 5.75 Å². The number of nitrogens with zero attached hydrogens (tertiary/aromatic N) is 2. The normalized spacial score (nSPS) is 16.0. The van der Waals surface area contributed by atoms with Crippen LogP contribution in [0.5, 0.6) is 5.75 Å². The van der Waals surface area contributed by atoms with Crippen LogP contribution in [0.2, 0.25) is 10.0 Å². The lowest BCUT2D eigenvalue weighted by molar-refractivity contribution is -0.384. The topological polar surface area (TPSA) is 81.9 Å². The lowest BCUT2D eigenvalue weighted by Gasteiger charge is -2.35. The second kappa shape index (κ2) is 7.49. The Labute approximate surface area is 159 Å². The van der Waals surface area contributed by atoms with Crippen LogP contribution in [0.1, 0.15) is 17.3 Å². The molecule has 26 heavy (non-hydrogen) atoms. The summed E-state index contributed by atoms with van der Waals surface area (Å²) in [6, 6.07) is 8.42. The molecule has 0 spiro atoms. The quantitative estimate of drug-likeness (QED) is 0.568. The summed E-state index contributed by atoms with van der Waals surface area (Å²) in [6.07, 6.45) is -0.677. The highest BCUT2D eigenvalue weighted by atomic mass is 35.5. The lowest BCUT2D eigenvalue weighted by Crippen LogP contribution is -2.45. The van der Waals surface area contributed by atoms with E-state index in [-0.39, 0.29) is 28.7 Å². The van der Waals surface area contributed by atoms with Gasteiger partial charge in [0.05, 0.1) is 16.5 Å². The number of amides is 1. The molecule has 1 aliphatic heterocycles. The third-order valence-electron chi connectivity index (χ3n) is 3.78. The van der Waals surface area contributed by atoms with Crippen LogP contribution in [0.4, 0.5) is 11.4 Å². The molecule has 1 amide bonds. The Bertz CT molecular complexity index is 857. The number of halogens is 2. The van der Waals surface area contributed by atoms with Gasteiger partial charge in [-0.3, -0.25) is 19.8 Å². The Hall–Kier alpha value is -2.35. The van der Waals surface area contributed by atoms with Gasteiger partial charge < -0.3 is 9.47 Å². The zero-order valence-corrected chi connectivity index (χ0v) is 15.2. The number of hydrogen-bond donors (Lipinski definition) is 0. The van der Waals surface area contributed by atoms with Gasteiger partial charge in [0.1, 0.15) is 11.4 Å². The Kier molecular flexibility index (Phi) is 5.31. The molecule has 1 heterocycles. The monoisotopic (exact) mass is 396 g/mol. The van der Waals surface area contributed by atoms with Crippen molar-refractivity contribution in [1.82, 2.24) is 0 Å². The fourth-order valence-electron chi connectivity index (χ4n) is 2.65. The number of nitro groups is 1. The van der Waals surface area contributed by atoms with Gasteiger partial charge in [-0.1, -0.05) is 23.2 Å². The minimum atomic E-state index is -0.677. The van der Waals surface area contributed by atoms with Crippen LogP contribution >= 0.6 is 23.2 Å². The molecule has 1 aliphatic rings. The number of carbonyl (C=O) groups is 1. The predicted octanol–water partition coefficient (Wildman–Crippen LogP) is 4.30. The number of benzene rings is 2. The van der Waals surface area contributed by atoms with Gasteiger partial charge in [-0.15, -0.1) is 0 Å². The predicted molar refractivity (Wildman–Crippen MR) is 97.3 cm³/mol. The van der Waals surface area contributed by atoms with Crippen molar-refractivity contribution in [2.75, 3.05) is 18.1 Å². The van der Waals surface area contributed by atoms with Crippen LogP contribution in [0.25, 0.3) is 0 Å². The molecule has 2 aromatic rings. The average Bonchev–Trinajstić information content (AvgIpc) is 2.60. The number of non-ortho nitro benzene ring substituents is 1. The number of anilines is 1. The Morgan fingerprint density at radius 1 is 1.35 bits per heavy atom. The first-order valence-electron chi connectivity index (χ1n) is 7.74. The van der Waals surface area contributed by atoms with Gasteiger partial charge in [-0.2, -0.15) is 0 Å². The minimum Gasteiger partial charge on any atom is -0.461 e. The van der Waals surface area contributed by atoms with E-state index in [0.717, 1.165) is 0 Å². The van der Waals surface area contributed by atoms with Crippen LogP contribution in [0, 0.1) is 10.1 Å². The minimum absolute atomic E-state index is 0.0964. The van der Waals surface area contributed by atoms with Crippen molar-refractivity contribution < 1.29 is 19.2 Å². The Balaban J connectivity index is 1.99. The smallest absolute Gasteiger partial charge is 0.269 e. The molecule has 7 nitrogen and oxygen atoms in total. The van der Waals surface area contributed by atoms with Crippen molar-refractivity contribution in [1.29, 1.82) is 0 Å². The van der Waals surface area contributed by atoms with Crippen LogP contribution in [-0.2, 0) is 4.74 Å². The molecule has 0 aliphatic carbocycles. The summed E-state index contributed by atoms with van der Waals surface area (Å²) in [5.74, 6) is -0.0409. The molecule has 3 rings (SSSR count). The van der Waals surface area contributed by atoms with Crippen molar-refractivity contribution in [3.05, 3.63) is 62.1 Å². The third kappa shape index (κ3) is 3.60. The van der Waals surface area contributed by atoms with Crippen LogP contribution < -0.4 is 9.64 Å². The third-order valence-corrected chi connectivity index (χ3v) is 4.28. The van der Waals surface area contributed by atoms with Gasteiger partial charge >= 0.3 is 0 Å². The molecule has 1 unspecified atom stereocenters. The highest BCUT2D eigenvalue weighted by Gasteiger charge is 2.33. The maximum Gasteiger partial charge on any atom is 0.269 e. The first kappa shape index (κ1) is 18.4. The molecule has 1 atom stereocenters. The fraction of sp³-hybridized carbons (Fsp3) is 0.235. The van der Waals surface area contributed by atoms with Gasteiger partial charge in [0.15, 0.2) is 0 Å². The number of fused-ring (bicyclic) bond motifs is 1. The van der Waals surface area contributed by atoms with Crippen molar-refractivity contribution >= 4 is 40.5 Å². The highest BCUT2D eigenvalue weighted by Crippen LogP contribution is 2.42. The van der Waals surface area contributed by atoms with E-state index in [2.05, 4.69) is 0 Å². The van der Waals surface area contributed by atoms with E-state index in [1.54, 1.807) is 6.07 Å². The number of carbonyl (C=O) groups excluding carboxylic acids is 1. The number of hydrogen-bond acceptors (Lipinski definition) is 5. The summed E-state index contributed by atoms with van der Waals surface area (Å²) >= 11 is 12.3. The molecule has 0 fully saturated rings. The first-order chi connectivity index (χ1) is 12.4. The molecule has 0 saturated heterocycles. The van der Waals surface area contributed by atoms with Crippen LogP contribution in [-0.4, -0.2) is 30.3 Å². The summed E-state index contributed by atoms with van der Waals surface area (Å²) < 4.78 is 11.2.